The largest absolute Gasteiger partial charge is 0.373 e. The quantitative estimate of drug-likeness (QED) is 0.829. The van der Waals surface area contributed by atoms with E-state index in [1.807, 2.05) is 20.0 Å². The average molecular weight is 220 g/mol. The number of hydrogen-bond acceptors (Lipinski definition) is 4. The predicted molar refractivity (Wildman–Crippen MR) is 67.0 cm³/mol. The van der Waals surface area contributed by atoms with E-state index in [-0.39, 0.29) is 5.54 Å². The van der Waals surface area contributed by atoms with Crippen LogP contribution in [0, 0.1) is 6.92 Å². The van der Waals surface area contributed by atoms with Crippen LogP contribution in [-0.4, -0.2) is 29.1 Å². The van der Waals surface area contributed by atoms with E-state index < -0.39 is 0 Å². The first kappa shape index (κ1) is 11.2. The van der Waals surface area contributed by atoms with Gasteiger partial charge in [-0.05, 0) is 33.6 Å². The van der Waals surface area contributed by atoms with E-state index >= 15 is 0 Å². The van der Waals surface area contributed by atoms with Gasteiger partial charge in [0.05, 0.1) is 0 Å². The Balaban J connectivity index is 2.36. The first-order valence-electron chi connectivity index (χ1n) is 5.84. The van der Waals surface area contributed by atoms with Crippen molar-refractivity contribution in [1.29, 1.82) is 0 Å². The van der Waals surface area contributed by atoms with Crippen LogP contribution in [0.1, 0.15) is 32.5 Å². The van der Waals surface area contributed by atoms with E-state index in [0.29, 0.717) is 0 Å². The number of nitrogens with zero attached hydrogens (tertiary/aromatic N) is 3. The fourth-order valence-corrected chi connectivity index (χ4v) is 2.35. The highest BCUT2D eigenvalue weighted by Gasteiger charge is 2.33. The third-order valence-corrected chi connectivity index (χ3v) is 3.26. The molecule has 2 rings (SSSR count). The lowest BCUT2D eigenvalue weighted by Crippen LogP contribution is -2.38. The normalized spacial score (nSPS) is 18.9. The number of hydrogen-bond donors (Lipinski definition) is 1. The Morgan fingerprint density at radius 2 is 2.12 bits per heavy atom. The molecule has 0 spiro atoms. The molecule has 1 saturated heterocycles. The highest BCUT2D eigenvalue weighted by atomic mass is 15.3. The van der Waals surface area contributed by atoms with E-state index in [0.717, 1.165) is 24.0 Å². The summed E-state index contributed by atoms with van der Waals surface area (Å²) in [6.45, 7) is 7.58. The molecule has 0 bridgehead atoms. The molecule has 1 fully saturated rings. The molecule has 1 aliphatic rings. The van der Waals surface area contributed by atoms with E-state index in [2.05, 4.69) is 34.0 Å². The number of nitrogens with one attached hydrogen (secondary N) is 1. The SMILES string of the molecule is CNc1cc(N2CCCC2(C)C)nc(C)n1. The molecule has 4 nitrogen and oxygen atoms in total. The number of anilines is 2. The van der Waals surface area contributed by atoms with Crippen molar-refractivity contribution in [1.82, 2.24) is 9.97 Å². The lowest BCUT2D eigenvalue weighted by Gasteiger charge is -2.32. The van der Waals surface area contributed by atoms with Gasteiger partial charge in [-0.25, -0.2) is 9.97 Å². The molecule has 0 aliphatic carbocycles. The fourth-order valence-electron chi connectivity index (χ4n) is 2.35. The minimum Gasteiger partial charge on any atom is -0.373 e. The molecule has 1 aromatic heterocycles. The molecule has 1 aliphatic heterocycles. The number of aryl methyl sites for hydroxylation is 1. The summed E-state index contributed by atoms with van der Waals surface area (Å²) in [6.07, 6.45) is 2.47. The summed E-state index contributed by atoms with van der Waals surface area (Å²) in [6, 6.07) is 2.03. The van der Waals surface area contributed by atoms with Gasteiger partial charge in [0.15, 0.2) is 0 Å². The van der Waals surface area contributed by atoms with Crippen molar-refractivity contribution >= 4 is 11.6 Å². The molecule has 2 heterocycles. The van der Waals surface area contributed by atoms with E-state index in [9.17, 15) is 0 Å². The summed E-state index contributed by atoms with van der Waals surface area (Å²) in [5, 5.41) is 3.08. The third kappa shape index (κ3) is 1.96. The highest BCUT2D eigenvalue weighted by molar-refractivity contribution is 5.51. The standard InChI is InChI=1S/C12H20N4/c1-9-14-10(13-4)8-11(15-9)16-7-5-6-12(16,2)3/h8H,5-7H2,1-4H3,(H,13,14,15). The molecule has 0 atom stereocenters. The molecule has 0 saturated carbocycles. The van der Waals surface area contributed by atoms with Crippen LogP contribution in [-0.2, 0) is 0 Å². The summed E-state index contributed by atoms with van der Waals surface area (Å²) >= 11 is 0. The zero-order chi connectivity index (χ0) is 11.8. The van der Waals surface area contributed by atoms with Crippen LogP contribution in [0.2, 0.25) is 0 Å². The minimum absolute atomic E-state index is 0.214. The van der Waals surface area contributed by atoms with Crippen LogP contribution >= 0.6 is 0 Å². The number of rotatable bonds is 2. The number of aromatic nitrogens is 2. The maximum absolute atomic E-state index is 4.53. The van der Waals surface area contributed by atoms with Gasteiger partial charge in [-0.1, -0.05) is 0 Å². The average Bonchev–Trinajstić information content (AvgIpc) is 2.57. The summed E-state index contributed by atoms with van der Waals surface area (Å²) in [7, 11) is 1.89. The zero-order valence-electron chi connectivity index (χ0n) is 10.5. The van der Waals surface area contributed by atoms with Crippen molar-refractivity contribution in [3.8, 4) is 0 Å². The molecule has 0 radical (unpaired) electrons. The van der Waals surface area contributed by atoms with Gasteiger partial charge in [0.2, 0.25) is 0 Å². The first-order chi connectivity index (χ1) is 7.53. The Labute approximate surface area is 97.1 Å². The molecule has 4 heteroatoms. The molecule has 88 valence electrons. The fraction of sp³-hybridized carbons (Fsp3) is 0.667. The van der Waals surface area contributed by atoms with Crippen LogP contribution in [0.15, 0.2) is 6.07 Å². The van der Waals surface area contributed by atoms with Crippen molar-refractivity contribution in [3.05, 3.63) is 11.9 Å². The lowest BCUT2D eigenvalue weighted by molar-refractivity contribution is 0.514. The van der Waals surface area contributed by atoms with Crippen molar-refractivity contribution in [2.75, 3.05) is 23.8 Å². The van der Waals surface area contributed by atoms with Gasteiger partial charge in [-0.2, -0.15) is 0 Å². The predicted octanol–water partition coefficient (Wildman–Crippen LogP) is 2.21. The maximum Gasteiger partial charge on any atom is 0.134 e. The Kier molecular flexibility index (Phi) is 2.74. The minimum atomic E-state index is 0.214. The summed E-state index contributed by atoms with van der Waals surface area (Å²) in [5.41, 5.74) is 0.214. The maximum atomic E-state index is 4.53. The third-order valence-electron chi connectivity index (χ3n) is 3.26. The first-order valence-corrected chi connectivity index (χ1v) is 5.84. The lowest BCUT2D eigenvalue weighted by atomic mass is 10.0. The van der Waals surface area contributed by atoms with Crippen LogP contribution in [0.25, 0.3) is 0 Å². The Morgan fingerprint density at radius 1 is 1.38 bits per heavy atom. The van der Waals surface area contributed by atoms with Crippen molar-refractivity contribution in [2.45, 2.75) is 39.2 Å². The monoisotopic (exact) mass is 220 g/mol. The molecule has 0 unspecified atom stereocenters. The van der Waals surface area contributed by atoms with Crippen LogP contribution in [0.4, 0.5) is 11.6 Å². The van der Waals surface area contributed by atoms with Gasteiger partial charge in [-0.3, -0.25) is 0 Å². The van der Waals surface area contributed by atoms with Crippen LogP contribution in [0.5, 0.6) is 0 Å². The van der Waals surface area contributed by atoms with Gasteiger partial charge in [0.1, 0.15) is 17.5 Å². The van der Waals surface area contributed by atoms with E-state index in [1.54, 1.807) is 0 Å². The molecular formula is C12H20N4. The van der Waals surface area contributed by atoms with Gasteiger partial charge >= 0.3 is 0 Å². The Bertz CT molecular complexity index is 387. The molecule has 1 aromatic rings. The van der Waals surface area contributed by atoms with Gasteiger partial charge < -0.3 is 10.2 Å². The second-order valence-electron chi connectivity index (χ2n) is 4.98. The molecule has 0 amide bonds. The Hall–Kier alpha value is -1.32. The van der Waals surface area contributed by atoms with Crippen molar-refractivity contribution in [2.24, 2.45) is 0 Å². The summed E-state index contributed by atoms with van der Waals surface area (Å²) in [5.74, 6) is 2.76. The van der Waals surface area contributed by atoms with Crippen molar-refractivity contribution in [3.63, 3.8) is 0 Å². The smallest absolute Gasteiger partial charge is 0.134 e. The topological polar surface area (TPSA) is 41.0 Å². The molecule has 1 N–H and O–H groups in total. The highest BCUT2D eigenvalue weighted by Crippen LogP contribution is 2.32. The van der Waals surface area contributed by atoms with E-state index in [4.69, 9.17) is 0 Å². The van der Waals surface area contributed by atoms with Gasteiger partial charge in [0.25, 0.3) is 0 Å². The zero-order valence-corrected chi connectivity index (χ0v) is 10.5. The van der Waals surface area contributed by atoms with Crippen LogP contribution in [0.3, 0.4) is 0 Å². The Morgan fingerprint density at radius 3 is 2.69 bits per heavy atom. The van der Waals surface area contributed by atoms with Gasteiger partial charge in [-0.15, -0.1) is 0 Å². The summed E-state index contributed by atoms with van der Waals surface area (Å²) in [4.78, 5) is 11.2. The van der Waals surface area contributed by atoms with Crippen LogP contribution < -0.4 is 10.2 Å². The van der Waals surface area contributed by atoms with Crippen molar-refractivity contribution < 1.29 is 0 Å². The van der Waals surface area contributed by atoms with E-state index in [1.165, 1.54) is 12.8 Å². The molecule has 16 heavy (non-hydrogen) atoms. The molecular weight excluding hydrogens is 200 g/mol. The molecule has 0 aromatic carbocycles. The summed E-state index contributed by atoms with van der Waals surface area (Å²) < 4.78 is 0. The van der Waals surface area contributed by atoms with Gasteiger partial charge in [0, 0.05) is 25.2 Å². The second-order valence-corrected chi connectivity index (χ2v) is 4.98. The second kappa shape index (κ2) is 3.92.